The summed E-state index contributed by atoms with van der Waals surface area (Å²) in [6.45, 7) is 0. The number of carbonyl (C=O) groups is 4. The number of carbonyl (C=O) groups excluding carboxylic acids is 3. The van der Waals surface area contributed by atoms with Gasteiger partial charge in [0.25, 0.3) is 5.91 Å². The van der Waals surface area contributed by atoms with Crippen molar-refractivity contribution in [1.29, 1.82) is 0 Å². The Morgan fingerprint density at radius 3 is 2.05 bits per heavy atom. The summed E-state index contributed by atoms with van der Waals surface area (Å²) < 4.78 is 5.42. The number of hydrogen-bond donors (Lipinski definition) is 7. The number of ketones is 1. The molecule has 0 aromatic heterocycles. The molecule has 1 aliphatic rings. The molecular weight excluding hydrogens is 514 g/mol. The number of amides is 1. The molecule has 0 heterocycles. The fourth-order valence-corrected chi connectivity index (χ4v) is 4.37. The van der Waals surface area contributed by atoms with Crippen molar-refractivity contribution in [3.63, 3.8) is 0 Å². The van der Waals surface area contributed by atoms with Crippen molar-refractivity contribution in [3.05, 3.63) is 82.4 Å². The van der Waals surface area contributed by atoms with Crippen molar-refractivity contribution in [1.82, 2.24) is 5.32 Å². The number of aliphatic hydroxyl groups excluding tert-OH is 1. The number of benzene rings is 3. The van der Waals surface area contributed by atoms with Crippen LogP contribution < -0.4 is 5.32 Å². The molecule has 1 saturated carbocycles. The van der Waals surface area contributed by atoms with Crippen molar-refractivity contribution in [2.75, 3.05) is 0 Å². The van der Waals surface area contributed by atoms with Gasteiger partial charge in [0, 0.05) is 12.0 Å². The van der Waals surface area contributed by atoms with Gasteiger partial charge in [-0.05, 0) is 55.0 Å². The van der Waals surface area contributed by atoms with Crippen LogP contribution >= 0.6 is 0 Å². The summed E-state index contributed by atoms with van der Waals surface area (Å²) >= 11 is 0. The summed E-state index contributed by atoms with van der Waals surface area (Å²) in [5, 5.41) is 62.5. The predicted octanol–water partition coefficient (Wildman–Crippen LogP) is 1.92. The minimum absolute atomic E-state index is 0.00789. The van der Waals surface area contributed by atoms with Crippen molar-refractivity contribution in [3.8, 4) is 23.0 Å². The van der Waals surface area contributed by atoms with Crippen LogP contribution in [0.5, 0.6) is 23.0 Å². The summed E-state index contributed by atoms with van der Waals surface area (Å²) in [6.07, 6.45) is -1.79. The number of aliphatic hydroxyl groups is 1. The van der Waals surface area contributed by atoms with Crippen LogP contribution in [0.3, 0.4) is 0 Å². The molecule has 1 fully saturated rings. The molecule has 0 spiro atoms. The predicted molar refractivity (Wildman–Crippen MR) is 132 cm³/mol. The van der Waals surface area contributed by atoms with Crippen molar-refractivity contribution >= 4 is 23.6 Å². The Kier molecular flexibility index (Phi) is 7.40. The normalized spacial score (nSPS) is 18.3. The summed E-state index contributed by atoms with van der Waals surface area (Å²) in [4.78, 5) is 49.8. The number of hydrogen-bond acceptors (Lipinski definition) is 10. The minimum Gasteiger partial charge on any atom is -0.508 e. The molecule has 3 atom stereocenters. The molecule has 1 aliphatic carbocycles. The molecule has 0 radical (unpaired) electrons. The highest BCUT2D eigenvalue weighted by Gasteiger charge is 2.38. The second-order valence-electron chi connectivity index (χ2n) is 8.92. The molecule has 0 bridgehead atoms. The first-order valence-corrected chi connectivity index (χ1v) is 11.6. The Balaban J connectivity index is 1.54. The highest BCUT2D eigenvalue weighted by atomic mass is 16.5. The number of rotatable bonds is 7. The van der Waals surface area contributed by atoms with E-state index in [0.717, 1.165) is 24.3 Å². The lowest BCUT2D eigenvalue weighted by molar-refractivity contribution is 0.0227. The van der Waals surface area contributed by atoms with Crippen LogP contribution in [0.1, 0.15) is 59.8 Å². The van der Waals surface area contributed by atoms with Gasteiger partial charge in [0.05, 0.1) is 28.8 Å². The van der Waals surface area contributed by atoms with Gasteiger partial charge in [0.1, 0.15) is 34.7 Å². The lowest BCUT2D eigenvalue weighted by Crippen LogP contribution is -2.42. The molecule has 12 nitrogen and oxygen atoms in total. The van der Waals surface area contributed by atoms with Crippen LogP contribution in [0.4, 0.5) is 0 Å². The smallest absolute Gasteiger partial charge is 0.338 e. The number of nitrogens with one attached hydrogen (secondary N) is 1. The first kappa shape index (κ1) is 26.9. The van der Waals surface area contributed by atoms with Crippen LogP contribution in [-0.2, 0) is 4.74 Å². The average molecular weight is 537 g/mol. The Bertz CT molecular complexity index is 1440. The summed E-state index contributed by atoms with van der Waals surface area (Å²) in [7, 11) is 0. The SMILES string of the molecule is O=C(N[C@H]1C[C@H](O)C[C@H]1OC(=O)c1cc(O)c(C(=O)c2c(O)cccc2C(=O)O)c(O)c1)c1ccc(O)cc1. The third-order valence-electron chi connectivity index (χ3n) is 6.24. The standard InChI is InChI=1S/C27H23NO11/c29-14-6-4-12(5-7-14)25(35)28-17-10-15(30)11-21(17)39-27(38)13-8-19(32)23(20(33)9-13)24(34)22-16(26(36)37)2-1-3-18(22)31/h1-9,15,17,21,29-33H,10-11H2,(H,28,35)(H,36,37)/t15-,17-,21+/m0/s1. The third kappa shape index (κ3) is 5.60. The molecule has 12 heteroatoms. The Morgan fingerprint density at radius 2 is 1.44 bits per heavy atom. The average Bonchev–Trinajstić information content (AvgIpc) is 3.21. The van der Waals surface area contributed by atoms with Crippen LogP contribution in [0.25, 0.3) is 0 Å². The fourth-order valence-electron chi connectivity index (χ4n) is 4.37. The van der Waals surface area contributed by atoms with E-state index in [-0.39, 0.29) is 29.7 Å². The van der Waals surface area contributed by atoms with Crippen molar-refractivity contribution in [2.45, 2.75) is 31.1 Å². The molecule has 0 aliphatic heterocycles. The van der Waals surface area contributed by atoms with E-state index in [2.05, 4.69) is 5.32 Å². The van der Waals surface area contributed by atoms with Crippen LogP contribution in [0.15, 0.2) is 54.6 Å². The molecular formula is C27H23NO11. The monoisotopic (exact) mass is 537 g/mol. The van der Waals surface area contributed by atoms with E-state index in [0.29, 0.717) is 0 Å². The van der Waals surface area contributed by atoms with Crippen molar-refractivity contribution < 1.29 is 54.6 Å². The maximum absolute atomic E-state index is 13.0. The number of aromatic carboxylic acids is 1. The van der Waals surface area contributed by atoms with E-state index in [1.54, 1.807) is 0 Å². The third-order valence-corrected chi connectivity index (χ3v) is 6.24. The van der Waals surface area contributed by atoms with Crippen molar-refractivity contribution in [2.24, 2.45) is 0 Å². The van der Waals surface area contributed by atoms with Crippen LogP contribution in [-0.4, -0.2) is 72.5 Å². The topological polar surface area (TPSA) is 211 Å². The molecule has 7 N–H and O–H groups in total. The van der Waals surface area contributed by atoms with Gasteiger partial charge in [0.2, 0.25) is 5.78 Å². The van der Waals surface area contributed by atoms with E-state index in [1.165, 1.54) is 30.3 Å². The molecule has 0 unspecified atom stereocenters. The van der Waals surface area contributed by atoms with Gasteiger partial charge >= 0.3 is 11.9 Å². The van der Waals surface area contributed by atoms with Gasteiger partial charge in [-0.1, -0.05) is 6.07 Å². The lowest BCUT2D eigenvalue weighted by Gasteiger charge is -2.21. The lowest BCUT2D eigenvalue weighted by atomic mass is 9.95. The maximum Gasteiger partial charge on any atom is 0.338 e. The molecule has 202 valence electrons. The van der Waals surface area contributed by atoms with E-state index in [4.69, 9.17) is 4.74 Å². The van der Waals surface area contributed by atoms with Gasteiger partial charge in [-0.2, -0.15) is 0 Å². The number of esters is 1. The van der Waals surface area contributed by atoms with E-state index >= 15 is 0 Å². The maximum atomic E-state index is 13.0. The van der Waals surface area contributed by atoms with Gasteiger partial charge in [-0.3, -0.25) is 9.59 Å². The van der Waals surface area contributed by atoms with E-state index < -0.39 is 75.8 Å². The zero-order valence-corrected chi connectivity index (χ0v) is 20.1. The molecule has 3 aromatic carbocycles. The number of phenolic OH excluding ortho intramolecular Hbond substituents is 4. The van der Waals surface area contributed by atoms with Crippen LogP contribution in [0.2, 0.25) is 0 Å². The molecule has 39 heavy (non-hydrogen) atoms. The number of phenols is 4. The van der Waals surface area contributed by atoms with Crippen LogP contribution in [0, 0.1) is 0 Å². The van der Waals surface area contributed by atoms with Gasteiger partial charge in [-0.15, -0.1) is 0 Å². The molecule has 1 amide bonds. The second kappa shape index (κ2) is 10.7. The second-order valence-corrected chi connectivity index (χ2v) is 8.92. The Hall–Kier alpha value is -5.10. The first-order valence-electron chi connectivity index (χ1n) is 11.6. The van der Waals surface area contributed by atoms with E-state index in [9.17, 15) is 49.8 Å². The van der Waals surface area contributed by atoms with Gasteiger partial charge in [0.15, 0.2) is 0 Å². The van der Waals surface area contributed by atoms with Gasteiger partial charge in [-0.25, -0.2) is 9.59 Å². The largest absolute Gasteiger partial charge is 0.508 e. The molecule has 4 rings (SSSR count). The number of ether oxygens (including phenoxy) is 1. The Morgan fingerprint density at radius 1 is 0.795 bits per heavy atom. The fraction of sp³-hybridized carbons (Fsp3) is 0.185. The minimum atomic E-state index is -1.53. The molecule has 3 aromatic rings. The summed E-state index contributed by atoms with van der Waals surface area (Å²) in [5.74, 6) is -6.78. The number of carboxylic acids is 1. The first-order chi connectivity index (χ1) is 18.5. The highest BCUT2D eigenvalue weighted by Crippen LogP contribution is 2.35. The number of carboxylic acid groups (broad SMARTS) is 1. The quantitative estimate of drug-likeness (QED) is 0.171. The van der Waals surface area contributed by atoms with Gasteiger partial charge < -0.3 is 40.7 Å². The highest BCUT2D eigenvalue weighted by molar-refractivity contribution is 6.18. The molecule has 0 saturated heterocycles. The summed E-state index contributed by atoms with van der Waals surface area (Å²) in [6, 6.07) is 9.62. The Labute approximate surface area is 220 Å². The van der Waals surface area contributed by atoms with E-state index in [1.807, 2.05) is 0 Å². The zero-order valence-electron chi connectivity index (χ0n) is 20.1. The summed E-state index contributed by atoms with van der Waals surface area (Å²) in [5.41, 5.74) is -2.13. The zero-order chi connectivity index (χ0) is 28.4. The number of aromatic hydroxyl groups is 4.